The second-order valence-electron chi connectivity index (χ2n) is 6.19. The van der Waals surface area contributed by atoms with Crippen LogP contribution in [0.25, 0.3) is 10.6 Å². The summed E-state index contributed by atoms with van der Waals surface area (Å²) in [6, 6.07) is 12.0. The van der Waals surface area contributed by atoms with Crippen LogP contribution in [0.5, 0.6) is 0 Å². The topological polar surface area (TPSA) is 50.0 Å². The number of para-hydroxylation sites is 1. The van der Waals surface area contributed by atoms with Gasteiger partial charge in [-0.2, -0.15) is 5.10 Å². The average Bonchev–Trinajstić information content (AvgIpc) is 3.40. The Hall–Kier alpha value is -2.51. The zero-order valence-electron chi connectivity index (χ0n) is 15.3. The van der Waals surface area contributed by atoms with Crippen LogP contribution in [0, 0.1) is 0 Å². The molecular weight excluding hydrogens is 376 g/mol. The number of amides is 1. The second kappa shape index (κ2) is 7.62. The van der Waals surface area contributed by atoms with Crippen LogP contribution >= 0.6 is 22.7 Å². The summed E-state index contributed by atoms with van der Waals surface area (Å²) in [4.78, 5) is 21.2. The zero-order valence-corrected chi connectivity index (χ0v) is 16.9. The first kappa shape index (κ1) is 17.9. The van der Waals surface area contributed by atoms with Gasteiger partial charge in [-0.15, -0.1) is 22.7 Å². The predicted octanol–water partition coefficient (Wildman–Crippen LogP) is 4.21. The summed E-state index contributed by atoms with van der Waals surface area (Å²) >= 11 is 3.18. The van der Waals surface area contributed by atoms with Crippen LogP contribution < -0.4 is 9.70 Å². The minimum atomic E-state index is -0.0393. The third kappa shape index (κ3) is 3.17. The lowest BCUT2D eigenvalue weighted by molar-refractivity contribution is -0.112. The molecule has 5 nitrogen and oxygen atoms in total. The summed E-state index contributed by atoms with van der Waals surface area (Å²) in [6.07, 6.45) is 2.01. The van der Waals surface area contributed by atoms with E-state index in [-0.39, 0.29) is 5.91 Å². The fraction of sp³-hybridized carbons (Fsp3) is 0.250. The molecule has 0 radical (unpaired) electrons. The van der Waals surface area contributed by atoms with Gasteiger partial charge in [-0.05, 0) is 23.9 Å². The van der Waals surface area contributed by atoms with Gasteiger partial charge >= 0.3 is 0 Å². The van der Waals surface area contributed by atoms with Crippen LogP contribution in [0.2, 0.25) is 0 Å². The Morgan fingerprint density at radius 3 is 2.70 bits per heavy atom. The van der Waals surface area contributed by atoms with Crippen molar-refractivity contribution in [3.05, 3.63) is 57.5 Å². The van der Waals surface area contributed by atoms with E-state index in [4.69, 9.17) is 5.10 Å². The van der Waals surface area contributed by atoms with Gasteiger partial charge in [-0.1, -0.05) is 37.6 Å². The number of carbonyl (C=O) groups excluding carboxylic acids is 1. The molecule has 0 atom stereocenters. The number of unbranched alkanes of at least 4 members (excludes halogenated alkanes) is 1. The zero-order chi connectivity index (χ0) is 18.8. The number of nitrogens with zero attached hydrogens (tertiary/aromatic N) is 4. The van der Waals surface area contributed by atoms with Gasteiger partial charge < -0.3 is 4.90 Å². The normalized spacial score (nSPS) is 15.8. The molecule has 0 N–H and O–H groups in total. The third-order valence-corrected chi connectivity index (χ3v) is 6.28. The monoisotopic (exact) mass is 396 g/mol. The van der Waals surface area contributed by atoms with Gasteiger partial charge in [0, 0.05) is 24.5 Å². The molecule has 4 rings (SSSR count). The van der Waals surface area contributed by atoms with Crippen LogP contribution in [0.1, 0.15) is 25.3 Å². The summed E-state index contributed by atoms with van der Waals surface area (Å²) in [6.45, 7) is 2.84. The van der Waals surface area contributed by atoms with Crippen LogP contribution in [0.4, 0.5) is 5.69 Å². The van der Waals surface area contributed by atoms with Crippen molar-refractivity contribution in [1.29, 1.82) is 0 Å². The molecule has 0 spiro atoms. The van der Waals surface area contributed by atoms with Crippen molar-refractivity contribution in [2.75, 3.05) is 18.5 Å². The molecule has 0 saturated heterocycles. The van der Waals surface area contributed by atoms with E-state index < -0.39 is 0 Å². The molecule has 3 heterocycles. The summed E-state index contributed by atoms with van der Waals surface area (Å²) in [5.41, 5.74) is 3.27. The van der Waals surface area contributed by atoms with E-state index in [1.54, 1.807) is 23.1 Å². The lowest BCUT2D eigenvalue weighted by Gasteiger charge is -2.15. The van der Waals surface area contributed by atoms with Crippen molar-refractivity contribution < 1.29 is 4.79 Å². The molecule has 0 aliphatic carbocycles. The highest BCUT2D eigenvalue weighted by molar-refractivity contribution is 7.14. The Morgan fingerprint density at radius 2 is 1.96 bits per heavy atom. The van der Waals surface area contributed by atoms with Crippen molar-refractivity contribution in [2.45, 2.75) is 19.8 Å². The molecule has 0 unspecified atom stereocenters. The number of carbonyl (C=O) groups is 1. The van der Waals surface area contributed by atoms with E-state index in [1.165, 1.54) is 11.3 Å². The number of fused-ring (bicyclic) bond motifs is 1. The molecule has 0 bridgehead atoms. The van der Waals surface area contributed by atoms with E-state index in [1.807, 2.05) is 46.0 Å². The molecular formula is C20H20N4OS2. The maximum atomic E-state index is 13.1. The van der Waals surface area contributed by atoms with E-state index in [2.05, 4.69) is 18.0 Å². The van der Waals surface area contributed by atoms with Crippen LogP contribution in [-0.4, -0.2) is 29.9 Å². The molecule has 0 fully saturated rings. The molecule has 1 aromatic carbocycles. The van der Waals surface area contributed by atoms with Crippen LogP contribution in [0.15, 0.2) is 57.3 Å². The van der Waals surface area contributed by atoms with Gasteiger partial charge in [0.15, 0.2) is 5.71 Å². The number of rotatable bonds is 5. The first-order valence-corrected chi connectivity index (χ1v) is 10.7. The predicted molar refractivity (Wildman–Crippen MR) is 113 cm³/mol. The molecule has 1 aliphatic rings. The van der Waals surface area contributed by atoms with Gasteiger partial charge in [0.2, 0.25) is 4.80 Å². The first-order chi connectivity index (χ1) is 13.2. The number of hydrogen-bond donors (Lipinski definition) is 0. The first-order valence-electron chi connectivity index (χ1n) is 8.92. The van der Waals surface area contributed by atoms with Crippen molar-refractivity contribution in [3.8, 4) is 10.6 Å². The molecule has 2 aromatic heterocycles. The standard InChI is InChI=1S/C20H20N4OS2/c1-3-4-11-23-15-9-6-5-8-14(15)18(19(23)25)22-24-16(13-27-20(24)21-2)17-10-7-12-26-17/h5-10,12-13H,3-4,11H2,1-2H3. The van der Waals surface area contributed by atoms with Gasteiger partial charge in [0.05, 0.1) is 16.3 Å². The van der Waals surface area contributed by atoms with Crippen LogP contribution in [-0.2, 0) is 4.79 Å². The molecule has 3 aromatic rings. The van der Waals surface area contributed by atoms with Gasteiger partial charge in [-0.25, -0.2) is 4.68 Å². The highest BCUT2D eigenvalue weighted by atomic mass is 32.1. The van der Waals surface area contributed by atoms with E-state index >= 15 is 0 Å². The lowest BCUT2D eigenvalue weighted by Crippen LogP contribution is -2.31. The SMILES string of the molecule is CCCCN1C(=O)C(=Nn2c(-c3cccs3)csc2=NC)c2ccccc21. The minimum absolute atomic E-state index is 0.0393. The maximum Gasteiger partial charge on any atom is 0.279 e. The lowest BCUT2D eigenvalue weighted by atomic mass is 10.1. The quantitative estimate of drug-likeness (QED) is 0.637. The number of hydrogen-bond acceptors (Lipinski definition) is 5. The van der Waals surface area contributed by atoms with Crippen molar-refractivity contribution >= 4 is 40.0 Å². The van der Waals surface area contributed by atoms with Crippen molar-refractivity contribution in [2.24, 2.45) is 10.1 Å². The smallest absolute Gasteiger partial charge is 0.279 e. The van der Waals surface area contributed by atoms with Gasteiger partial charge in [-0.3, -0.25) is 9.79 Å². The Balaban J connectivity index is 1.86. The Morgan fingerprint density at radius 1 is 1.11 bits per heavy atom. The number of aromatic nitrogens is 1. The summed E-state index contributed by atoms with van der Waals surface area (Å²) in [7, 11) is 1.75. The largest absolute Gasteiger partial charge is 0.306 e. The minimum Gasteiger partial charge on any atom is -0.306 e. The second-order valence-corrected chi connectivity index (χ2v) is 7.98. The molecule has 138 valence electrons. The van der Waals surface area contributed by atoms with Gasteiger partial charge in [0.1, 0.15) is 0 Å². The third-order valence-electron chi connectivity index (χ3n) is 4.48. The summed E-state index contributed by atoms with van der Waals surface area (Å²) < 4.78 is 1.80. The van der Waals surface area contributed by atoms with Crippen molar-refractivity contribution in [1.82, 2.24) is 4.68 Å². The highest BCUT2D eigenvalue weighted by Crippen LogP contribution is 2.31. The molecule has 27 heavy (non-hydrogen) atoms. The Labute approximate surface area is 165 Å². The molecule has 1 amide bonds. The van der Waals surface area contributed by atoms with E-state index in [9.17, 15) is 4.79 Å². The molecule has 0 saturated carbocycles. The fourth-order valence-corrected chi connectivity index (χ4v) is 4.73. The Bertz CT molecular complexity index is 1060. The molecule has 7 heteroatoms. The number of benzene rings is 1. The number of thiazole rings is 1. The summed E-state index contributed by atoms with van der Waals surface area (Å²) in [5, 5.41) is 8.87. The Kier molecular flexibility index (Phi) is 5.05. The maximum absolute atomic E-state index is 13.1. The van der Waals surface area contributed by atoms with E-state index in [0.29, 0.717) is 12.3 Å². The number of thiophene rings is 1. The molecule has 1 aliphatic heterocycles. The van der Waals surface area contributed by atoms with Gasteiger partial charge in [0.25, 0.3) is 5.91 Å². The van der Waals surface area contributed by atoms with E-state index in [0.717, 1.165) is 39.5 Å². The van der Waals surface area contributed by atoms with Crippen LogP contribution in [0.3, 0.4) is 0 Å². The van der Waals surface area contributed by atoms with Crippen molar-refractivity contribution in [3.63, 3.8) is 0 Å². The number of anilines is 1. The highest BCUT2D eigenvalue weighted by Gasteiger charge is 2.33. The fourth-order valence-electron chi connectivity index (χ4n) is 3.14. The summed E-state index contributed by atoms with van der Waals surface area (Å²) in [5.74, 6) is -0.0393. The average molecular weight is 397 g/mol.